The highest BCUT2D eigenvalue weighted by molar-refractivity contribution is 5.23. The van der Waals surface area contributed by atoms with Gasteiger partial charge in [0, 0.05) is 31.7 Å². The Morgan fingerprint density at radius 2 is 1.86 bits per heavy atom. The van der Waals surface area contributed by atoms with Crippen LogP contribution in [-0.4, -0.2) is 21.6 Å². The quantitative estimate of drug-likeness (QED) is 0.889. The standard InChI is InChI=1S/C14H14F3N3O/c15-14(16,17)11-2-1-5-20-12(11)8-19-9-13(21)10-3-6-18-7-4-10/h1-7,13,19,21H,8-9H2. The second-order valence-corrected chi connectivity index (χ2v) is 4.42. The summed E-state index contributed by atoms with van der Waals surface area (Å²) in [6, 6.07) is 5.53. The Morgan fingerprint density at radius 1 is 1.14 bits per heavy atom. The fourth-order valence-electron chi connectivity index (χ4n) is 1.87. The number of halogens is 3. The molecule has 2 aromatic heterocycles. The molecule has 0 saturated carbocycles. The van der Waals surface area contributed by atoms with Gasteiger partial charge in [-0.15, -0.1) is 0 Å². The highest BCUT2D eigenvalue weighted by Crippen LogP contribution is 2.30. The van der Waals surface area contributed by atoms with Crippen molar-refractivity contribution < 1.29 is 18.3 Å². The number of alkyl halides is 3. The number of nitrogens with zero attached hydrogens (tertiary/aromatic N) is 2. The number of aliphatic hydroxyl groups is 1. The minimum absolute atomic E-state index is 0.0716. The van der Waals surface area contributed by atoms with Gasteiger partial charge in [0.05, 0.1) is 17.4 Å². The first kappa shape index (κ1) is 15.4. The number of pyridine rings is 2. The van der Waals surface area contributed by atoms with E-state index in [2.05, 4.69) is 15.3 Å². The topological polar surface area (TPSA) is 58.0 Å². The average molecular weight is 297 g/mol. The smallest absolute Gasteiger partial charge is 0.387 e. The Balaban J connectivity index is 1.95. The lowest BCUT2D eigenvalue weighted by Gasteiger charge is -2.14. The second-order valence-electron chi connectivity index (χ2n) is 4.42. The third-order valence-electron chi connectivity index (χ3n) is 2.92. The lowest BCUT2D eigenvalue weighted by molar-refractivity contribution is -0.138. The van der Waals surface area contributed by atoms with Crippen LogP contribution < -0.4 is 5.32 Å². The third-order valence-corrected chi connectivity index (χ3v) is 2.92. The van der Waals surface area contributed by atoms with Crippen molar-refractivity contribution in [2.45, 2.75) is 18.8 Å². The van der Waals surface area contributed by atoms with Crippen LogP contribution in [0.25, 0.3) is 0 Å². The van der Waals surface area contributed by atoms with Gasteiger partial charge in [-0.05, 0) is 29.8 Å². The number of aromatic nitrogens is 2. The van der Waals surface area contributed by atoms with E-state index in [0.29, 0.717) is 5.56 Å². The summed E-state index contributed by atoms with van der Waals surface area (Å²) in [4.78, 5) is 7.57. The van der Waals surface area contributed by atoms with E-state index in [0.717, 1.165) is 6.07 Å². The molecule has 0 radical (unpaired) electrons. The molecule has 2 heterocycles. The summed E-state index contributed by atoms with van der Waals surface area (Å²) < 4.78 is 38.3. The summed E-state index contributed by atoms with van der Waals surface area (Å²) in [5, 5.41) is 12.7. The van der Waals surface area contributed by atoms with Crippen LogP contribution >= 0.6 is 0 Å². The van der Waals surface area contributed by atoms with Crippen LogP contribution in [0.4, 0.5) is 13.2 Å². The molecule has 2 N–H and O–H groups in total. The van der Waals surface area contributed by atoms with Crippen LogP contribution in [-0.2, 0) is 12.7 Å². The molecule has 1 atom stereocenters. The molecule has 0 aliphatic carbocycles. The van der Waals surface area contributed by atoms with Gasteiger partial charge >= 0.3 is 6.18 Å². The lowest BCUT2D eigenvalue weighted by Crippen LogP contribution is -2.23. The molecule has 4 nitrogen and oxygen atoms in total. The van der Waals surface area contributed by atoms with Gasteiger partial charge in [0.2, 0.25) is 0 Å². The van der Waals surface area contributed by atoms with E-state index in [4.69, 9.17) is 0 Å². The summed E-state index contributed by atoms with van der Waals surface area (Å²) in [5.41, 5.74) is -0.211. The Morgan fingerprint density at radius 3 is 2.52 bits per heavy atom. The van der Waals surface area contributed by atoms with Crippen LogP contribution in [0.3, 0.4) is 0 Å². The van der Waals surface area contributed by atoms with E-state index in [1.54, 1.807) is 24.5 Å². The van der Waals surface area contributed by atoms with Gasteiger partial charge in [0.25, 0.3) is 0 Å². The summed E-state index contributed by atoms with van der Waals surface area (Å²) in [7, 11) is 0. The zero-order valence-electron chi connectivity index (χ0n) is 11.0. The van der Waals surface area contributed by atoms with Crippen molar-refractivity contribution in [3.8, 4) is 0 Å². The Labute approximate surface area is 119 Å². The van der Waals surface area contributed by atoms with Gasteiger partial charge in [-0.2, -0.15) is 13.2 Å². The molecule has 0 spiro atoms. The van der Waals surface area contributed by atoms with Gasteiger partial charge in [-0.1, -0.05) is 0 Å². The second kappa shape index (κ2) is 6.64. The number of aliphatic hydroxyl groups excluding tert-OH is 1. The molecule has 112 valence electrons. The molecule has 2 rings (SSSR count). The maximum atomic E-state index is 12.8. The highest BCUT2D eigenvalue weighted by Gasteiger charge is 2.33. The van der Waals surface area contributed by atoms with Crippen molar-refractivity contribution in [3.05, 3.63) is 59.7 Å². The first-order valence-corrected chi connectivity index (χ1v) is 6.28. The zero-order valence-corrected chi connectivity index (χ0v) is 11.0. The molecule has 0 amide bonds. The first-order valence-electron chi connectivity index (χ1n) is 6.28. The average Bonchev–Trinajstić information content (AvgIpc) is 2.47. The molecule has 21 heavy (non-hydrogen) atoms. The van der Waals surface area contributed by atoms with Crippen molar-refractivity contribution >= 4 is 0 Å². The Kier molecular flexibility index (Phi) is 4.87. The van der Waals surface area contributed by atoms with E-state index in [1.165, 1.54) is 12.3 Å². The van der Waals surface area contributed by atoms with Gasteiger partial charge in [0.1, 0.15) is 0 Å². The minimum Gasteiger partial charge on any atom is -0.387 e. The lowest BCUT2D eigenvalue weighted by atomic mass is 10.1. The van der Waals surface area contributed by atoms with E-state index in [9.17, 15) is 18.3 Å². The highest BCUT2D eigenvalue weighted by atomic mass is 19.4. The van der Waals surface area contributed by atoms with Crippen molar-refractivity contribution in [1.82, 2.24) is 15.3 Å². The molecule has 0 aliphatic rings. The van der Waals surface area contributed by atoms with Crippen LogP contribution in [0.15, 0.2) is 42.9 Å². The molecule has 7 heteroatoms. The Hall–Kier alpha value is -1.99. The van der Waals surface area contributed by atoms with Crippen LogP contribution in [0.1, 0.15) is 22.9 Å². The SMILES string of the molecule is OC(CNCc1ncccc1C(F)(F)F)c1ccncc1. The van der Waals surface area contributed by atoms with E-state index < -0.39 is 17.8 Å². The van der Waals surface area contributed by atoms with Crippen molar-refractivity contribution in [2.24, 2.45) is 0 Å². The normalized spacial score (nSPS) is 13.1. The number of rotatable bonds is 5. The predicted octanol–water partition coefficient (Wildman–Crippen LogP) is 2.32. The fraction of sp³-hybridized carbons (Fsp3) is 0.286. The van der Waals surface area contributed by atoms with E-state index >= 15 is 0 Å². The maximum Gasteiger partial charge on any atom is 0.418 e. The summed E-state index contributed by atoms with van der Waals surface area (Å²) in [6.45, 7) is 0.0513. The van der Waals surface area contributed by atoms with Crippen LogP contribution in [0.5, 0.6) is 0 Å². The largest absolute Gasteiger partial charge is 0.418 e. The molecule has 0 fully saturated rings. The number of hydrogen-bond acceptors (Lipinski definition) is 4. The van der Waals surface area contributed by atoms with Gasteiger partial charge in [-0.25, -0.2) is 0 Å². The first-order chi connectivity index (χ1) is 9.98. The minimum atomic E-state index is -4.44. The van der Waals surface area contributed by atoms with Crippen molar-refractivity contribution in [1.29, 1.82) is 0 Å². The summed E-state index contributed by atoms with van der Waals surface area (Å²) in [6.07, 6.45) is -0.857. The zero-order chi connectivity index (χ0) is 15.3. The molecule has 0 aromatic carbocycles. The summed E-state index contributed by atoms with van der Waals surface area (Å²) >= 11 is 0. The molecule has 0 aliphatic heterocycles. The number of nitrogens with one attached hydrogen (secondary N) is 1. The van der Waals surface area contributed by atoms with Crippen LogP contribution in [0.2, 0.25) is 0 Å². The monoisotopic (exact) mass is 297 g/mol. The van der Waals surface area contributed by atoms with Crippen molar-refractivity contribution in [2.75, 3.05) is 6.54 Å². The molecule has 0 saturated heterocycles. The molecule has 1 unspecified atom stereocenters. The van der Waals surface area contributed by atoms with Gasteiger partial charge in [-0.3, -0.25) is 9.97 Å². The molecular formula is C14H14F3N3O. The third kappa shape index (κ3) is 4.24. The maximum absolute atomic E-state index is 12.8. The van der Waals surface area contributed by atoms with Crippen molar-refractivity contribution in [3.63, 3.8) is 0 Å². The van der Waals surface area contributed by atoms with Gasteiger partial charge in [0.15, 0.2) is 0 Å². The molecule has 2 aromatic rings. The number of hydrogen-bond donors (Lipinski definition) is 2. The predicted molar refractivity (Wildman–Crippen MR) is 70.1 cm³/mol. The molecule has 0 bridgehead atoms. The van der Waals surface area contributed by atoms with E-state index in [-0.39, 0.29) is 18.8 Å². The summed E-state index contributed by atoms with van der Waals surface area (Å²) in [5.74, 6) is 0. The van der Waals surface area contributed by atoms with E-state index in [1.807, 2.05) is 0 Å². The Bertz CT molecular complexity index is 575. The van der Waals surface area contributed by atoms with Gasteiger partial charge < -0.3 is 10.4 Å². The fourth-order valence-corrected chi connectivity index (χ4v) is 1.87. The van der Waals surface area contributed by atoms with Crippen LogP contribution in [0, 0.1) is 0 Å². The molecular weight excluding hydrogens is 283 g/mol.